The van der Waals surface area contributed by atoms with Crippen LogP contribution in [0.15, 0.2) is 0 Å². The smallest absolute Gasteiger partial charge is 0.330 e. The molecule has 0 aliphatic rings. The molecule has 0 fully saturated rings. The van der Waals surface area contributed by atoms with Gasteiger partial charge < -0.3 is 50.8 Å². The van der Waals surface area contributed by atoms with Crippen LogP contribution in [0.5, 0.6) is 0 Å². The molecule has 0 saturated heterocycles. The van der Waals surface area contributed by atoms with E-state index < -0.39 is 15.2 Å². The quantitative estimate of drug-likeness (QED) is 0.0341. The fourth-order valence-electron chi connectivity index (χ4n) is 5.16. The van der Waals surface area contributed by atoms with E-state index >= 15 is 0 Å². The zero-order valence-electron chi connectivity index (χ0n) is 33.6. The van der Waals surface area contributed by atoms with Gasteiger partial charge in [0, 0.05) is 13.1 Å². The molecule has 0 aromatic heterocycles. The monoisotopic (exact) mass is 944 g/mol. The first kappa shape index (κ1) is 70.4. The summed E-state index contributed by atoms with van der Waals surface area (Å²) in [5.74, 6) is 0. The van der Waals surface area contributed by atoms with Gasteiger partial charge in [-0.05, 0) is 104 Å². The molecule has 0 amide bonds. The van der Waals surface area contributed by atoms with E-state index in [9.17, 15) is 9.13 Å². The van der Waals surface area contributed by atoms with Crippen LogP contribution in [0.25, 0.3) is 0 Å². The Morgan fingerprint density at radius 3 is 0.852 bits per heavy atom. The summed E-state index contributed by atoms with van der Waals surface area (Å²) in [6.07, 6.45) is 16.6. The van der Waals surface area contributed by atoms with Crippen LogP contribution in [0.4, 0.5) is 0 Å². The lowest BCUT2D eigenvalue weighted by molar-refractivity contribution is 0.191. The molecule has 0 radical (unpaired) electrons. The van der Waals surface area contributed by atoms with E-state index in [4.69, 9.17) is 41.0 Å². The van der Waals surface area contributed by atoms with Crippen LogP contribution < -0.4 is 22.9 Å². The second-order valence-corrected chi connectivity index (χ2v) is 17.2. The van der Waals surface area contributed by atoms with Gasteiger partial charge in [-0.3, -0.25) is 9.13 Å². The number of rotatable bonds is 39. The molecule has 0 rings (SSSR count). The second-order valence-electron chi connectivity index (χ2n) is 12.8. The van der Waals surface area contributed by atoms with Gasteiger partial charge in [-0.25, -0.2) is 0 Å². The number of unbranched alkanes of at least 4 members (excludes halogenated alkanes) is 9. The topological polar surface area (TPSA) is 182 Å². The van der Waals surface area contributed by atoms with Crippen molar-refractivity contribution in [1.82, 2.24) is 9.80 Å². The van der Waals surface area contributed by atoms with Crippen molar-refractivity contribution in [2.45, 2.75) is 117 Å². The van der Waals surface area contributed by atoms with Crippen molar-refractivity contribution in [3.63, 3.8) is 0 Å². The van der Waals surface area contributed by atoms with Crippen molar-refractivity contribution in [1.29, 1.82) is 0 Å². The van der Waals surface area contributed by atoms with E-state index in [1.54, 1.807) is 0 Å². The molecular weight excluding hydrogens is 863 g/mol. The van der Waals surface area contributed by atoms with E-state index in [1.807, 2.05) is 0 Å². The van der Waals surface area contributed by atoms with Gasteiger partial charge in [0.1, 0.15) is 0 Å². The fraction of sp³-hybridized carbons (Fsp3) is 1.00. The van der Waals surface area contributed by atoms with Gasteiger partial charge in [-0.2, -0.15) is 0 Å². The molecule has 0 spiro atoms. The molecule has 0 aliphatic carbocycles. The lowest BCUT2D eigenvalue weighted by Crippen LogP contribution is -2.31. The van der Waals surface area contributed by atoms with Crippen molar-refractivity contribution < 1.29 is 27.2 Å². The van der Waals surface area contributed by atoms with Crippen molar-refractivity contribution >= 4 is 89.6 Å². The molecule has 0 heterocycles. The first-order valence-corrected chi connectivity index (χ1v) is 22.8. The normalized spacial score (nSPS) is 13.0. The molecule has 2 atom stereocenters. The van der Waals surface area contributed by atoms with Gasteiger partial charge >= 0.3 is 15.2 Å². The van der Waals surface area contributed by atoms with E-state index in [2.05, 4.69) is 23.6 Å². The van der Waals surface area contributed by atoms with Gasteiger partial charge in [0.2, 0.25) is 0 Å². The summed E-state index contributed by atoms with van der Waals surface area (Å²) in [5, 5.41) is 0. The highest BCUT2D eigenvalue weighted by Gasteiger charge is 2.26. The maximum Gasteiger partial charge on any atom is 0.331 e. The van der Waals surface area contributed by atoms with Gasteiger partial charge in [-0.1, -0.05) is 65.2 Å². The fourth-order valence-corrected chi connectivity index (χ4v) is 8.51. The summed E-state index contributed by atoms with van der Waals surface area (Å²) in [6, 6.07) is 0. The Morgan fingerprint density at radius 1 is 0.370 bits per heavy atom. The highest BCUT2D eigenvalue weighted by molar-refractivity contribution is 7.54. The average Bonchev–Trinajstić information content (AvgIpc) is 3.08. The standard InChI is InChI=1S/C34H78N6O6P2.6ClH/c1-3-5-29-43-47(41,33-27-39(23-15-19-35)24-16-20-36)45-31-13-11-9-7-8-10-12-14-32-46-48(42,44-30-6-4-2)34-28-40(25-17-21-37)26-18-22-38;;;;;;/h3-38H2,1-2H3;6*1H. The summed E-state index contributed by atoms with van der Waals surface area (Å²) in [7, 11) is -6.28. The average molecular weight is 948 g/mol. The Bertz CT molecular complexity index is 738. The van der Waals surface area contributed by atoms with Crippen LogP contribution in [-0.4, -0.2) is 114 Å². The number of hydrogen-bond donors (Lipinski definition) is 4. The third-order valence-electron chi connectivity index (χ3n) is 8.28. The van der Waals surface area contributed by atoms with Gasteiger partial charge in [0.25, 0.3) is 0 Å². The predicted octanol–water partition coefficient (Wildman–Crippen LogP) is 8.69. The predicted molar refractivity (Wildman–Crippen MR) is 247 cm³/mol. The molecule has 0 saturated carbocycles. The van der Waals surface area contributed by atoms with Crippen LogP contribution in [-0.2, 0) is 27.2 Å². The first-order chi connectivity index (χ1) is 23.3. The first-order valence-electron chi connectivity index (χ1n) is 19.3. The highest BCUT2D eigenvalue weighted by Crippen LogP contribution is 2.49. The maximum atomic E-state index is 13.5. The molecule has 20 heteroatoms. The van der Waals surface area contributed by atoms with Crippen molar-refractivity contribution in [2.24, 2.45) is 22.9 Å². The van der Waals surface area contributed by atoms with Crippen molar-refractivity contribution in [3.8, 4) is 0 Å². The number of hydrogen-bond acceptors (Lipinski definition) is 12. The van der Waals surface area contributed by atoms with E-state index in [0.29, 0.717) is 78.0 Å². The zero-order chi connectivity index (χ0) is 35.6. The molecular formula is C34H84Cl6N6O6P2. The molecule has 338 valence electrons. The van der Waals surface area contributed by atoms with E-state index in [0.717, 1.165) is 129 Å². The van der Waals surface area contributed by atoms with Gasteiger partial charge in [0.15, 0.2) is 0 Å². The van der Waals surface area contributed by atoms with Gasteiger partial charge in [0.05, 0.1) is 38.8 Å². The van der Waals surface area contributed by atoms with E-state index in [-0.39, 0.29) is 74.4 Å². The summed E-state index contributed by atoms with van der Waals surface area (Å²) >= 11 is 0. The Labute approximate surface area is 368 Å². The third kappa shape index (κ3) is 43.4. The van der Waals surface area contributed by atoms with Crippen molar-refractivity contribution in [3.05, 3.63) is 0 Å². The molecule has 0 aromatic carbocycles. The van der Waals surface area contributed by atoms with Crippen LogP contribution >= 0.6 is 89.6 Å². The largest absolute Gasteiger partial charge is 0.331 e. The molecule has 2 unspecified atom stereocenters. The Kier molecular flexibility index (Phi) is 66.4. The molecule has 0 bridgehead atoms. The van der Waals surface area contributed by atoms with Crippen LogP contribution in [0.1, 0.15) is 117 Å². The van der Waals surface area contributed by atoms with Crippen LogP contribution in [0, 0.1) is 0 Å². The lowest BCUT2D eigenvalue weighted by atomic mass is 10.1. The number of nitrogens with two attached hydrogens (primary N) is 4. The molecule has 0 aromatic rings. The number of halogens is 6. The Hall–Kier alpha value is 1.80. The number of nitrogens with zero attached hydrogens (tertiary/aromatic N) is 2. The summed E-state index contributed by atoms with van der Waals surface area (Å²) in [6.45, 7) is 13.4. The molecule has 12 nitrogen and oxygen atoms in total. The van der Waals surface area contributed by atoms with E-state index in [1.165, 1.54) is 0 Å². The molecule has 54 heavy (non-hydrogen) atoms. The van der Waals surface area contributed by atoms with Crippen molar-refractivity contribution in [2.75, 3.05) is 104 Å². The summed E-state index contributed by atoms with van der Waals surface area (Å²) in [4.78, 5) is 4.55. The minimum Gasteiger partial charge on any atom is -0.330 e. The van der Waals surface area contributed by atoms with Crippen LogP contribution in [0.2, 0.25) is 0 Å². The van der Waals surface area contributed by atoms with Gasteiger partial charge in [-0.15, -0.1) is 74.4 Å². The highest BCUT2D eigenvalue weighted by atomic mass is 35.5. The molecule has 8 N–H and O–H groups in total. The maximum absolute atomic E-state index is 13.5. The summed E-state index contributed by atoms with van der Waals surface area (Å²) < 4.78 is 50.5. The Balaban J connectivity index is -0.000000736. The second kappa shape index (κ2) is 50.9. The summed E-state index contributed by atoms with van der Waals surface area (Å²) in [5.41, 5.74) is 22.8. The SMILES string of the molecule is CCCCOP(=O)(CCN(CCCN)CCCN)OCCCCCCCCCCOP(=O)(CCN(CCCN)CCCN)OCCCC.Cl.Cl.Cl.Cl.Cl.Cl. The molecule has 0 aliphatic heterocycles. The third-order valence-corrected chi connectivity index (χ3v) is 12.1. The minimum absolute atomic E-state index is 0. The minimum atomic E-state index is -3.14. The Morgan fingerprint density at radius 2 is 0.611 bits per heavy atom. The van der Waals surface area contributed by atoms with Crippen LogP contribution in [0.3, 0.4) is 0 Å². The zero-order valence-corrected chi connectivity index (χ0v) is 40.3. The lowest BCUT2D eigenvalue weighted by Gasteiger charge is -2.25.